The molecule has 0 spiro atoms. The van der Waals surface area contributed by atoms with Crippen LogP contribution in [0.15, 0.2) is 18.3 Å². The highest BCUT2D eigenvalue weighted by Crippen LogP contribution is 2.18. The van der Waals surface area contributed by atoms with E-state index >= 15 is 0 Å². The fourth-order valence-corrected chi connectivity index (χ4v) is 1.19. The second-order valence-corrected chi connectivity index (χ2v) is 3.82. The van der Waals surface area contributed by atoms with Gasteiger partial charge in [-0.05, 0) is 31.4 Å². The maximum atomic E-state index is 12.5. The van der Waals surface area contributed by atoms with E-state index in [0.717, 1.165) is 12.1 Å². The molecule has 0 aliphatic heterocycles. The Kier molecular flexibility index (Phi) is 4.53. The predicted octanol–water partition coefficient (Wildman–Crippen LogP) is 3.33. The maximum Gasteiger partial charge on any atom is 0.137 e. The summed E-state index contributed by atoms with van der Waals surface area (Å²) in [6, 6.07) is 3.78. The van der Waals surface area contributed by atoms with E-state index in [0.29, 0.717) is 11.7 Å². The van der Waals surface area contributed by atoms with Crippen LogP contribution >= 0.6 is 0 Å². The number of pyridine rings is 1. The summed E-state index contributed by atoms with van der Waals surface area (Å²) in [5.74, 6) is 1.09. The Labute approximate surface area is 90.5 Å². The van der Waals surface area contributed by atoms with Gasteiger partial charge in [0.05, 0.1) is 6.20 Å². The third-order valence-corrected chi connectivity index (χ3v) is 2.36. The molecule has 15 heavy (non-hydrogen) atoms. The van der Waals surface area contributed by atoms with Crippen molar-refractivity contribution in [1.82, 2.24) is 4.98 Å². The molecule has 0 bridgehead atoms. The van der Waals surface area contributed by atoms with Crippen LogP contribution in [-0.2, 0) is 0 Å². The van der Waals surface area contributed by atoms with Gasteiger partial charge in [0.1, 0.15) is 18.5 Å². The largest absolute Gasteiger partial charge is 0.489 e. The van der Waals surface area contributed by atoms with Crippen molar-refractivity contribution in [1.29, 1.82) is 0 Å². The summed E-state index contributed by atoms with van der Waals surface area (Å²) in [4.78, 5) is 4.28. The highest BCUT2D eigenvalue weighted by molar-refractivity contribution is 5.21. The van der Waals surface area contributed by atoms with Gasteiger partial charge in [-0.3, -0.25) is 4.98 Å². The number of aromatic nitrogens is 1. The van der Waals surface area contributed by atoms with Gasteiger partial charge in [-0.15, -0.1) is 0 Å². The number of nitrogens with zero attached hydrogens (tertiary/aromatic N) is 1. The molecule has 0 aromatic carbocycles. The zero-order valence-electron chi connectivity index (χ0n) is 9.53. The first-order chi connectivity index (χ1) is 7.13. The van der Waals surface area contributed by atoms with Gasteiger partial charge in [-0.2, -0.15) is 0 Å². The van der Waals surface area contributed by atoms with Crippen molar-refractivity contribution < 1.29 is 9.13 Å². The second kappa shape index (κ2) is 5.69. The van der Waals surface area contributed by atoms with Gasteiger partial charge in [0.15, 0.2) is 0 Å². The fourth-order valence-electron chi connectivity index (χ4n) is 1.19. The predicted molar refractivity (Wildman–Crippen MR) is 59.0 cm³/mol. The maximum absolute atomic E-state index is 12.5. The zero-order chi connectivity index (χ0) is 11.3. The number of alkyl halides is 1. The molecule has 1 aromatic heterocycles. The van der Waals surface area contributed by atoms with E-state index < -0.39 is 6.17 Å². The van der Waals surface area contributed by atoms with Crippen molar-refractivity contribution >= 4 is 0 Å². The fraction of sp³-hybridized carbons (Fsp3) is 0.583. The molecule has 1 rings (SSSR count). The first kappa shape index (κ1) is 12.0. The first-order valence-electron chi connectivity index (χ1n) is 5.36. The van der Waals surface area contributed by atoms with Gasteiger partial charge in [0.25, 0.3) is 0 Å². The van der Waals surface area contributed by atoms with Crippen molar-refractivity contribution in [3.63, 3.8) is 0 Å². The Hall–Kier alpha value is -1.12. The topological polar surface area (TPSA) is 22.1 Å². The zero-order valence-corrected chi connectivity index (χ0v) is 9.53. The molecule has 1 heterocycles. The SMILES string of the molecule is CCC(C)c1ccc(OCC(C)F)cn1. The van der Waals surface area contributed by atoms with E-state index in [2.05, 4.69) is 18.8 Å². The molecular weight excluding hydrogens is 193 g/mol. The molecule has 0 fully saturated rings. The van der Waals surface area contributed by atoms with E-state index in [1.165, 1.54) is 6.92 Å². The van der Waals surface area contributed by atoms with E-state index in [9.17, 15) is 4.39 Å². The van der Waals surface area contributed by atoms with Crippen LogP contribution in [0.25, 0.3) is 0 Å². The van der Waals surface area contributed by atoms with Crippen molar-refractivity contribution in [2.75, 3.05) is 6.61 Å². The van der Waals surface area contributed by atoms with Gasteiger partial charge in [-0.1, -0.05) is 13.8 Å². The van der Waals surface area contributed by atoms with Crippen LogP contribution in [0.5, 0.6) is 5.75 Å². The normalized spacial score (nSPS) is 14.7. The van der Waals surface area contributed by atoms with Gasteiger partial charge < -0.3 is 4.74 Å². The molecule has 0 aliphatic rings. The van der Waals surface area contributed by atoms with Crippen molar-refractivity contribution in [3.05, 3.63) is 24.0 Å². The molecule has 0 saturated heterocycles. The first-order valence-corrected chi connectivity index (χ1v) is 5.36. The van der Waals surface area contributed by atoms with Crippen LogP contribution in [0, 0.1) is 0 Å². The molecule has 1 aromatic rings. The Balaban J connectivity index is 2.56. The van der Waals surface area contributed by atoms with E-state index in [1.54, 1.807) is 6.20 Å². The van der Waals surface area contributed by atoms with Crippen LogP contribution < -0.4 is 4.74 Å². The monoisotopic (exact) mass is 211 g/mol. The highest BCUT2D eigenvalue weighted by Gasteiger charge is 2.05. The number of rotatable bonds is 5. The van der Waals surface area contributed by atoms with Crippen LogP contribution in [0.2, 0.25) is 0 Å². The third kappa shape index (κ3) is 3.86. The minimum Gasteiger partial charge on any atom is -0.489 e. The lowest BCUT2D eigenvalue weighted by atomic mass is 10.0. The summed E-state index contributed by atoms with van der Waals surface area (Å²) in [7, 11) is 0. The van der Waals surface area contributed by atoms with Crippen LogP contribution in [0.3, 0.4) is 0 Å². The van der Waals surface area contributed by atoms with Gasteiger partial charge in [0.2, 0.25) is 0 Å². The summed E-state index contributed by atoms with van der Waals surface area (Å²) in [6.07, 6.45) is 1.78. The minimum atomic E-state index is -0.945. The Morgan fingerprint density at radius 3 is 2.60 bits per heavy atom. The lowest BCUT2D eigenvalue weighted by Gasteiger charge is -2.09. The number of ether oxygens (including phenoxy) is 1. The van der Waals surface area contributed by atoms with E-state index in [-0.39, 0.29) is 6.61 Å². The van der Waals surface area contributed by atoms with Crippen LogP contribution in [0.1, 0.15) is 38.8 Å². The molecule has 2 atom stereocenters. The number of halogens is 1. The lowest BCUT2D eigenvalue weighted by Crippen LogP contribution is -2.08. The van der Waals surface area contributed by atoms with Gasteiger partial charge in [0, 0.05) is 5.69 Å². The summed E-state index contributed by atoms with van der Waals surface area (Å²) in [6.45, 7) is 5.82. The molecule has 84 valence electrons. The Morgan fingerprint density at radius 1 is 1.40 bits per heavy atom. The third-order valence-electron chi connectivity index (χ3n) is 2.36. The van der Waals surface area contributed by atoms with Crippen LogP contribution in [0.4, 0.5) is 4.39 Å². The van der Waals surface area contributed by atoms with Crippen molar-refractivity contribution in [2.45, 2.75) is 39.3 Å². The molecule has 0 radical (unpaired) electrons. The highest BCUT2D eigenvalue weighted by atomic mass is 19.1. The molecule has 3 heteroatoms. The molecule has 0 saturated carbocycles. The Morgan fingerprint density at radius 2 is 2.13 bits per heavy atom. The minimum absolute atomic E-state index is 0.0877. The molecule has 2 nitrogen and oxygen atoms in total. The average Bonchev–Trinajstić information content (AvgIpc) is 2.26. The molecule has 0 aliphatic carbocycles. The molecule has 0 N–H and O–H groups in total. The van der Waals surface area contributed by atoms with Gasteiger partial charge in [-0.25, -0.2) is 4.39 Å². The summed E-state index contributed by atoms with van der Waals surface area (Å²) < 4.78 is 17.7. The number of hydrogen-bond donors (Lipinski definition) is 0. The molecule has 2 unspecified atom stereocenters. The van der Waals surface area contributed by atoms with Gasteiger partial charge >= 0.3 is 0 Å². The van der Waals surface area contributed by atoms with E-state index in [4.69, 9.17) is 4.74 Å². The second-order valence-electron chi connectivity index (χ2n) is 3.82. The summed E-state index contributed by atoms with van der Waals surface area (Å²) in [5.41, 5.74) is 1.05. The van der Waals surface area contributed by atoms with Crippen molar-refractivity contribution in [3.8, 4) is 5.75 Å². The standard InChI is InChI=1S/C12H18FNO/c1-4-9(2)12-6-5-11(7-14-12)15-8-10(3)13/h5-7,9-10H,4,8H2,1-3H3. The summed E-state index contributed by atoms with van der Waals surface area (Å²) >= 11 is 0. The van der Waals surface area contributed by atoms with Crippen LogP contribution in [-0.4, -0.2) is 17.8 Å². The lowest BCUT2D eigenvalue weighted by molar-refractivity contribution is 0.209. The summed E-state index contributed by atoms with van der Waals surface area (Å²) in [5, 5.41) is 0. The molecule has 0 amide bonds. The molecular formula is C12H18FNO. The van der Waals surface area contributed by atoms with E-state index in [1.807, 2.05) is 12.1 Å². The van der Waals surface area contributed by atoms with Crippen molar-refractivity contribution in [2.24, 2.45) is 0 Å². The smallest absolute Gasteiger partial charge is 0.137 e. The Bertz CT molecular complexity index is 284. The quantitative estimate of drug-likeness (QED) is 0.745. The number of hydrogen-bond acceptors (Lipinski definition) is 2. The average molecular weight is 211 g/mol.